The fourth-order valence-electron chi connectivity index (χ4n) is 4.14. The quantitative estimate of drug-likeness (QED) is 0.228. The van der Waals surface area contributed by atoms with Crippen LogP contribution in [0, 0.1) is 6.92 Å². The van der Waals surface area contributed by atoms with Crippen molar-refractivity contribution in [1.29, 1.82) is 0 Å². The molecule has 192 valence electrons. The van der Waals surface area contributed by atoms with Crippen LogP contribution in [0.25, 0.3) is 10.9 Å². The molecule has 38 heavy (non-hydrogen) atoms. The van der Waals surface area contributed by atoms with Gasteiger partial charge in [-0.2, -0.15) is 0 Å². The van der Waals surface area contributed by atoms with Gasteiger partial charge in [0.15, 0.2) is 0 Å². The van der Waals surface area contributed by atoms with Gasteiger partial charge in [0.2, 0.25) is 9.84 Å². The Morgan fingerprint density at radius 1 is 0.632 bits per heavy atom. The normalized spacial score (nSPS) is 11.2. The summed E-state index contributed by atoms with van der Waals surface area (Å²) in [6.45, 7) is 1.93. The molecule has 0 aliphatic carbocycles. The minimum absolute atomic E-state index is 0.219. The lowest BCUT2D eigenvalue weighted by molar-refractivity contribution is 0.415. The van der Waals surface area contributed by atoms with Crippen LogP contribution < -0.4 is 20.1 Å². The van der Waals surface area contributed by atoms with Crippen LogP contribution in [0.1, 0.15) is 5.69 Å². The number of nitrogens with one attached hydrogen (secondary N) is 2. The van der Waals surface area contributed by atoms with Crippen LogP contribution in [-0.2, 0) is 9.84 Å². The van der Waals surface area contributed by atoms with Crippen molar-refractivity contribution in [2.24, 2.45) is 0 Å². The van der Waals surface area contributed by atoms with E-state index in [0.29, 0.717) is 0 Å². The van der Waals surface area contributed by atoms with Gasteiger partial charge >= 0.3 is 0 Å². The van der Waals surface area contributed by atoms with E-state index >= 15 is 0 Å². The highest BCUT2D eigenvalue weighted by Gasteiger charge is 2.18. The zero-order valence-corrected chi connectivity index (χ0v) is 22.0. The van der Waals surface area contributed by atoms with Gasteiger partial charge in [0, 0.05) is 33.8 Å². The van der Waals surface area contributed by atoms with E-state index < -0.39 is 9.84 Å². The monoisotopic (exact) mass is 525 g/mol. The summed E-state index contributed by atoms with van der Waals surface area (Å²) in [5.41, 5.74) is 5.00. The molecule has 1 aromatic heterocycles. The smallest absolute Gasteiger partial charge is 0.206 e. The Kier molecular flexibility index (Phi) is 6.89. The Labute approximate surface area is 222 Å². The molecule has 5 aromatic rings. The molecule has 1 heterocycles. The number of aryl methyl sites for hydroxylation is 1. The average Bonchev–Trinajstić information content (AvgIpc) is 2.94. The van der Waals surface area contributed by atoms with Gasteiger partial charge in [-0.25, -0.2) is 8.42 Å². The number of aromatic nitrogens is 1. The van der Waals surface area contributed by atoms with E-state index in [1.165, 1.54) is 0 Å². The third kappa shape index (κ3) is 5.26. The second-order valence-electron chi connectivity index (χ2n) is 8.72. The van der Waals surface area contributed by atoms with Crippen molar-refractivity contribution >= 4 is 43.5 Å². The zero-order valence-electron chi connectivity index (χ0n) is 21.2. The third-order valence-corrected chi connectivity index (χ3v) is 7.92. The Bertz CT molecular complexity index is 1680. The number of rotatable bonds is 8. The molecule has 0 aliphatic heterocycles. The summed E-state index contributed by atoms with van der Waals surface area (Å²) in [5, 5.41) is 7.56. The van der Waals surface area contributed by atoms with Gasteiger partial charge < -0.3 is 20.1 Å². The van der Waals surface area contributed by atoms with E-state index in [0.717, 1.165) is 50.8 Å². The van der Waals surface area contributed by atoms with Crippen LogP contribution in [-0.4, -0.2) is 27.6 Å². The summed E-state index contributed by atoms with van der Waals surface area (Å²) in [7, 11) is -0.433. The summed E-state index contributed by atoms with van der Waals surface area (Å²) in [6, 6.07) is 28.6. The van der Waals surface area contributed by atoms with Crippen LogP contribution >= 0.6 is 0 Å². The Hall–Kier alpha value is -4.56. The standard InChI is InChI=1S/C30H27N3O4S/c1-20-18-30(28-19-25(37-3)12-17-29(28)31-20)33-23-8-15-27(16-9-23)38(34,35)26-13-6-22(7-14-26)32-21-4-10-24(36-2)11-5-21/h4-19,32H,1-3H3,(H,31,33). The highest BCUT2D eigenvalue weighted by molar-refractivity contribution is 7.91. The van der Waals surface area contributed by atoms with E-state index in [-0.39, 0.29) is 9.79 Å². The molecule has 0 fully saturated rings. The van der Waals surface area contributed by atoms with Crippen LogP contribution in [0.4, 0.5) is 22.7 Å². The molecule has 0 saturated heterocycles. The third-order valence-electron chi connectivity index (χ3n) is 6.13. The summed E-state index contributed by atoms with van der Waals surface area (Å²) in [4.78, 5) is 5.03. The predicted octanol–water partition coefficient (Wildman–Crippen LogP) is 6.88. The number of fused-ring (bicyclic) bond motifs is 1. The van der Waals surface area contributed by atoms with Crippen LogP contribution in [0.5, 0.6) is 11.5 Å². The molecule has 0 spiro atoms. The molecule has 5 rings (SSSR count). The van der Waals surface area contributed by atoms with Gasteiger partial charge in [-0.15, -0.1) is 0 Å². The molecular weight excluding hydrogens is 498 g/mol. The van der Waals surface area contributed by atoms with E-state index in [1.807, 2.05) is 55.5 Å². The van der Waals surface area contributed by atoms with Gasteiger partial charge in [-0.3, -0.25) is 4.98 Å². The predicted molar refractivity (Wildman–Crippen MR) is 151 cm³/mol. The van der Waals surface area contributed by atoms with Crippen molar-refractivity contribution in [3.8, 4) is 11.5 Å². The number of ether oxygens (including phenoxy) is 2. The molecule has 0 aliphatic rings. The van der Waals surface area contributed by atoms with Gasteiger partial charge in [-0.05, 0) is 104 Å². The lowest BCUT2D eigenvalue weighted by Gasteiger charge is -2.13. The first-order chi connectivity index (χ1) is 18.4. The fourth-order valence-corrected chi connectivity index (χ4v) is 5.40. The van der Waals surface area contributed by atoms with Crippen molar-refractivity contribution in [3.63, 3.8) is 0 Å². The van der Waals surface area contributed by atoms with E-state index in [9.17, 15) is 8.42 Å². The Morgan fingerprint density at radius 2 is 1.13 bits per heavy atom. The molecule has 0 atom stereocenters. The van der Waals surface area contributed by atoms with Gasteiger partial charge in [0.05, 0.1) is 29.5 Å². The first-order valence-electron chi connectivity index (χ1n) is 11.9. The van der Waals surface area contributed by atoms with E-state index in [4.69, 9.17) is 9.47 Å². The topological polar surface area (TPSA) is 89.5 Å². The minimum Gasteiger partial charge on any atom is -0.497 e. The number of benzene rings is 4. The number of anilines is 4. The molecule has 7 nitrogen and oxygen atoms in total. The lowest BCUT2D eigenvalue weighted by Crippen LogP contribution is -2.02. The fraction of sp³-hybridized carbons (Fsp3) is 0.100. The Balaban J connectivity index is 1.34. The number of hydrogen-bond acceptors (Lipinski definition) is 7. The molecule has 0 radical (unpaired) electrons. The summed E-state index contributed by atoms with van der Waals surface area (Å²) in [6.07, 6.45) is 0. The second kappa shape index (κ2) is 10.4. The lowest BCUT2D eigenvalue weighted by atomic mass is 10.1. The van der Waals surface area contributed by atoms with Crippen molar-refractivity contribution in [2.75, 3.05) is 24.9 Å². The first-order valence-corrected chi connectivity index (χ1v) is 13.4. The highest BCUT2D eigenvalue weighted by atomic mass is 32.2. The second-order valence-corrected chi connectivity index (χ2v) is 10.7. The highest BCUT2D eigenvalue weighted by Crippen LogP contribution is 2.31. The number of nitrogens with zero attached hydrogens (tertiary/aromatic N) is 1. The van der Waals surface area contributed by atoms with Gasteiger partial charge in [0.25, 0.3) is 0 Å². The first kappa shape index (κ1) is 25.1. The largest absolute Gasteiger partial charge is 0.497 e. The molecule has 4 aromatic carbocycles. The number of methoxy groups -OCH3 is 2. The summed E-state index contributed by atoms with van der Waals surface area (Å²) >= 11 is 0. The zero-order chi connectivity index (χ0) is 26.7. The molecule has 8 heteroatoms. The molecule has 0 saturated carbocycles. The van der Waals surface area contributed by atoms with Crippen molar-refractivity contribution in [1.82, 2.24) is 4.98 Å². The SMILES string of the molecule is COc1ccc(Nc2ccc(S(=O)(=O)c3ccc(Nc4cc(C)nc5ccc(OC)cc45)cc3)cc2)cc1. The molecule has 0 unspecified atom stereocenters. The number of sulfone groups is 1. The van der Waals surface area contributed by atoms with Crippen LogP contribution in [0.3, 0.4) is 0 Å². The molecular formula is C30H27N3O4S. The molecule has 2 N–H and O–H groups in total. The summed E-state index contributed by atoms with van der Waals surface area (Å²) in [5.74, 6) is 1.50. The van der Waals surface area contributed by atoms with Gasteiger partial charge in [-0.1, -0.05) is 0 Å². The Morgan fingerprint density at radius 3 is 1.68 bits per heavy atom. The van der Waals surface area contributed by atoms with Crippen LogP contribution in [0.15, 0.2) is 107 Å². The molecule has 0 amide bonds. The minimum atomic E-state index is -3.68. The number of hydrogen-bond donors (Lipinski definition) is 2. The van der Waals surface area contributed by atoms with E-state index in [1.54, 1.807) is 62.8 Å². The summed E-state index contributed by atoms with van der Waals surface area (Å²) < 4.78 is 37.1. The van der Waals surface area contributed by atoms with Crippen molar-refractivity contribution in [2.45, 2.75) is 16.7 Å². The maximum absolute atomic E-state index is 13.3. The van der Waals surface area contributed by atoms with Gasteiger partial charge in [0.1, 0.15) is 11.5 Å². The van der Waals surface area contributed by atoms with Crippen molar-refractivity contribution in [3.05, 3.63) is 103 Å². The number of pyridine rings is 1. The maximum atomic E-state index is 13.3. The van der Waals surface area contributed by atoms with E-state index in [2.05, 4.69) is 15.6 Å². The average molecular weight is 526 g/mol. The van der Waals surface area contributed by atoms with Crippen LogP contribution in [0.2, 0.25) is 0 Å². The van der Waals surface area contributed by atoms with Crippen molar-refractivity contribution < 1.29 is 17.9 Å². The maximum Gasteiger partial charge on any atom is 0.206 e. The molecule has 0 bridgehead atoms.